The van der Waals surface area contributed by atoms with E-state index in [4.69, 9.17) is 14.6 Å². The quantitative estimate of drug-likeness (QED) is 0.123. The van der Waals surface area contributed by atoms with Crippen molar-refractivity contribution in [2.45, 2.75) is 144 Å². The van der Waals surface area contributed by atoms with Crippen LogP contribution in [0.15, 0.2) is 11.6 Å². The number of fused-ring (bicyclic) bond motifs is 5. The van der Waals surface area contributed by atoms with Crippen LogP contribution in [0.4, 0.5) is 4.79 Å². The summed E-state index contributed by atoms with van der Waals surface area (Å²) in [5, 5.41) is 14.0. The van der Waals surface area contributed by atoms with Crippen molar-refractivity contribution in [2.75, 3.05) is 13.2 Å². The van der Waals surface area contributed by atoms with Gasteiger partial charge in [0.05, 0.1) is 18.9 Å². The van der Waals surface area contributed by atoms with E-state index in [0.717, 1.165) is 55.3 Å². The molecule has 3 N–H and O–H groups in total. The number of carboxylic acids is 1. The Morgan fingerprint density at radius 3 is 2.47 bits per heavy atom. The van der Waals surface area contributed by atoms with E-state index in [0.29, 0.717) is 17.8 Å². The minimum atomic E-state index is -1.07. The third-order valence-corrected chi connectivity index (χ3v) is 12.8. The first kappa shape index (κ1) is 37.2. The van der Waals surface area contributed by atoms with E-state index in [9.17, 15) is 19.2 Å². The zero-order valence-corrected chi connectivity index (χ0v) is 29.9. The first-order valence-electron chi connectivity index (χ1n) is 18.6. The van der Waals surface area contributed by atoms with Gasteiger partial charge < -0.3 is 25.2 Å². The van der Waals surface area contributed by atoms with Crippen LogP contribution in [0.3, 0.4) is 0 Å². The van der Waals surface area contributed by atoms with Crippen LogP contribution in [0.1, 0.15) is 131 Å². The number of aliphatic carboxylic acids is 1. The molecule has 4 aliphatic carbocycles. The van der Waals surface area contributed by atoms with Crippen LogP contribution < -0.4 is 10.6 Å². The maximum absolute atomic E-state index is 12.7. The maximum Gasteiger partial charge on any atom is 0.407 e. The normalized spacial score (nSPS) is 32.6. The van der Waals surface area contributed by atoms with E-state index in [1.54, 1.807) is 0 Å². The van der Waals surface area contributed by atoms with Crippen LogP contribution in [0.5, 0.6) is 0 Å². The van der Waals surface area contributed by atoms with Crippen molar-refractivity contribution in [1.82, 2.24) is 10.6 Å². The summed E-state index contributed by atoms with van der Waals surface area (Å²) in [6.07, 6.45) is 15.0. The van der Waals surface area contributed by atoms with Crippen LogP contribution in [-0.2, 0) is 23.9 Å². The van der Waals surface area contributed by atoms with Gasteiger partial charge in [-0.2, -0.15) is 0 Å². The molecular formula is C38H62N2O7. The molecule has 0 aliphatic heterocycles. The highest BCUT2D eigenvalue weighted by molar-refractivity contribution is 5.82. The minimum Gasteiger partial charge on any atom is -0.481 e. The first-order valence-corrected chi connectivity index (χ1v) is 18.6. The van der Waals surface area contributed by atoms with Crippen LogP contribution in [0, 0.1) is 46.3 Å². The molecule has 0 bridgehead atoms. The minimum absolute atomic E-state index is 0.0545. The molecule has 0 aromatic rings. The lowest BCUT2D eigenvalue weighted by Crippen LogP contribution is -2.51. The number of carbonyl (C=O) groups excluding carboxylic acids is 3. The van der Waals surface area contributed by atoms with Crippen molar-refractivity contribution in [1.29, 1.82) is 0 Å². The molecule has 3 saturated carbocycles. The van der Waals surface area contributed by atoms with Gasteiger partial charge in [-0.05, 0) is 97.7 Å². The standard InChI is InChI=1S/C38H62N2O7/c1-7-27(23-46-35(44)16-15-34(42)43)40-33(41)22-39-36(45)47-28-17-19-37(5)26(21-28)11-12-29-31-14-13-30(25(4)10-8-9-24(2)3)38(31,6)20-18-32(29)37/h11,24-25,27-32H,7-10,12-23H2,1-6H3,(H,39,45)(H,40,41)(H,42,43)/t25-,27?,28+,29?,30-,31?,32?,37+,38-/m1/s1. The first-order chi connectivity index (χ1) is 22.3. The number of allylic oxidation sites excluding steroid dienone is 1. The van der Waals surface area contributed by atoms with Gasteiger partial charge >= 0.3 is 18.0 Å². The highest BCUT2D eigenvalue weighted by Crippen LogP contribution is 2.67. The Labute approximate surface area is 282 Å². The predicted molar refractivity (Wildman–Crippen MR) is 181 cm³/mol. The van der Waals surface area contributed by atoms with Crippen LogP contribution in [0.25, 0.3) is 0 Å². The Morgan fingerprint density at radius 2 is 1.77 bits per heavy atom. The Kier molecular flexibility index (Phi) is 12.8. The molecule has 47 heavy (non-hydrogen) atoms. The fourth-order valence-electron chi connectivity index (χ4n) is 10.1. The zero-order valence-electron chi connectivity index (χ0n) is 29.9. The molecular weight excluding hydrogens is 596 g/mol. The summed E-state index contributed by atoms with van der Waals surface area (Å²) in [6.45, 7) is 13.9. The SMILES string of the molecule is CCC(COC(=O)CCC(=O)O)NC(=O)CNC(=O)O[C@H]1CC[C@@]2(C)C(=CCC3C2CC[C@@]2(C)C3CC[C@@H]2[C@H](C)CCCC(C)C)C1. The molecule has 0 aromatic heterocycles. The number of nitrogens with one attached hydrogen (secondary N) is 2. The molecule has 9 nitrogen and oxygen atoms in total. The molecule has 0 radical (unpaired) electrons. The molecule has 0 spiro atoms. The van der Waals surface area contributed by atoms with E-state index in [2.05, 4.69) is 51.3 Å². The third-order valence-electron chi connectivity index (χ3n) is 12.8. The predicted octanol–water partition coefficient (Wildman–Crippen LogP) is 7.43. The Balaban J connectivity index is 1.24. The molecule has 9 atom stereocenters. The van der Waals surface area contributed by atoms with Crippen molar-refractivity contribution >= 4 is 23.9 Å². The molecule has 0 aromatic carbocycles. The second kappa shape index (κ2) is 16.2. The molecule has 9 heteroatoms. The molecule has 2 amide bonds. The number of carboxylic acid groups (broad SMARTS) is 1. The number of hydrogen-bond donors (Lipinski definition) is 3. The second-order valence-corrected chi connectivity index (χ2v) is 16.2. The highest BCUT2D eigenvalue weighted by atomic mass is 16.6. The van der Waals surface area contributed by atoms with Gasteiger partial charge in [0.15, 0.2) is 0 Å². The summed E-state index contributed by atoms with van der Waals surface area (Å²) < 4.78 is 10.9. The smallest absolute Gasteiger partial charge is 0.407 e. The van der Waals surface area contributed by atoms with Crippen molar-refractivity contribution in [3.05, 3.63) is 11.6 Å². The van der Waals surface area contributed by atoms with Gasteiger partial charge in [0.1, 0.15) is 19.3 Å². The maximum atomic E-state index is 12.7. The van der Waals surface area contributed by atoms with Gasteiger partial charge in [-0.15, -0.1) is 0 Å². The van der Waals surface area contributed by atoms with Gasteiger partial charge in [0, 0.05) is 6.42 Å². The molecule has 0 saturated heterocycles. The number of rotatable bonds is 15. The molecule has 3 fully saturated rings. The largest absolute Gasteiger partial charge is 0.481 e. The number of amides is 2. The molecule has 266 valence electrons. The van der Waals surface area contributed by atoms with Gasteiger partial charge in [-0.25, -0.2) is 4.79 Å². The van der Waals surface area contributed by atoms with Crippen molar-refractivity contribution in [3.63, 3.8) is 0 Å². The Bertz CT molecular complexity index is 1150. The van der Waals surface area contributed by atoms with Gasteiger partial charge in [-0.3, -0.25) is 14.4 Å². The summed E-state index contributed by atoms with van der Waals surface area (Å²) in [6, 6.07) is -0.432. The molecule has 4 unspecified atom stereocenters. The molecule has 4 rings (SSSR count). The average molecular weight is 659 g/mol. The number of esters is 1. The molecule has 0 heterocycles. The number of carbonyl (C=O) groups is 4. The number of alkyl carbamates (subject to hydrolysis) is 1. The molecule has 4 aliphatic rings. The van der Waals surface area contributed by atoms with Crippen LogP contribution >= 0.6 is 0 Å². The zero-order chi connectivity index (χ0) is 34.4. The van der Waals surface area contributed by atoms with Gasteiger partial charge in [0.2, 0.25) is 5.91 Å². The van der Waals surface area contributed by atoms with E-state index < -0.39 is 30.0 Å². The van der Waals surface area contributed by atoms with Crippen molar-refractivity contribution in [2.24, 2.45) is 46.3 Å². The van der Waals surface area contributed by atoms with Crippen LogP contribution in [0.2, 0.25) is 0 Å². The third kappa shape index (κ3) is 9.11. The topological polar surface area (TPSA) is 131 Å². The van der Waals surface area contributed by atoms with Gasteiger partial charge in [0.25, 0.3) is 0 Å². The van der Waals surface area contributed by atoms with Gasteiger partial charge in [-0.1, -0.05) is 72.5 Å². The lowest BCUT2D eigenvalue weighted by Gasteiger charge is -2.58. The van der Waals surface area contributed by atoms with Crippen molar-refractivity contribution in [3.8, 4) is 0 Å². The van der Waals surface area contributed by atoms with E-state index in [1.807, 2.05) is 6.92 Å². The lowest BCUT2D eigenvalue weighted by molar-refractivity contribution is -0.148. The summed E-state index contributed by atoms with van der Waals surface area (Å²) >= 11 is 0. The second-order valence-electron chi connectivity index (χ2n) is 16.2. The monoisotopic (exact) mass is 658 g/mol. The fraction of sp³-hybridized carbons (Fsp3) is 0.842. The summed E-state index contributed by atoms with van der Waals surface area (Å²) in [5.74, 6) is 2.63. The highest BCUT2D eigenvalue weighted by Gasteiger charge is 2.59. The average Bonchev–Trinajstić information content (AvgIpc) is 3.38. The van der Waals surface area contributed by atoms with E-state index >= 15 is 0 Å². The van der Waals surface area contributed by atoms with Crippen LogP contribution in [-0.4, -0.2) is 54.3 Å². The lowest BCUT2D eigenvalue weighted by atomic mass is 9.47. The van der Waals surface area contributed by atoms with E-state index in [-0.39, 0.29) is 37.5 Å². The Hall–Kier alpha value is -2.58. The number of ether oxygens (including phenoxy) is 2. The summed E-state index contributed by atoms with van der Waals surface area (Å²) in [7, 11) is 0. The van der Waals surface area contributed by atoms with E-state index in [1.165, 1.54) is 50.5 Å². The number of hydrogen-bond acceptors (Lipinski definition) is 6. The summed E-state index contributed by atoms with van der Waals surface area (Å²) in [4.78, 5) is 47.4. The van der Waals surface area contributed by atoms with Crippen molar-refractivity contribution < 1.29 is 33.8 Å². The Morgan fingerprint density at radius 1 is 1.00 bits per heavy atom. The fourth-order valence-corrected chi connectivity index (χ4v) is 10.1. The summed E-state index contributed by atoms with van der Waals surface area (Å²) in [5.41, 5.74) is 2.10.